The Hall–Kier alpha value is -1.04. The summed E-state index contributed by atoms with van der Waals surface area (Å²) in [4.78, 5) is 4.07. The molecule has 27 heavy (non-hydrogen) atoms. The lowest BCUT2D eigenvalue weighted by atomic mass is 9.84. The maximum Gasteiger partial charge on any atom is 0.416 e. The minimum absolute atomic E-state index is 0. The quantitative estimate of drug-likeness (QED) is 0.365. The highest BCUT2D eigenvalue weighted by atomic mass is 127. The predicted octanol–water partition coefficient (Wildman–Crippen LogP) is 2.95. The van der Waals surface area contributed by atoms with Gasteiger partial charge in [0, 0.05) is 25.0 Å². The summed E-state index contributed by atoms with van der Waals surface area (Å²) in [6.07, 6.45) is -3.87. The number of rotatable bonds is 4. The Balaban J connectivity index is 0.00000364. The van der Waals surface area contributed by atoms with E-state index < -0.39 is 27.0 Å². The molecule has 0 spiro atoms. The van der Waals surface area contributed by atoms with Gasteiger partial charge in [0.15, 0.2) is 15.8 Å². The normalized spacial score (nSPS) is 20.1. The molecule has 1 heterocycles. The molecule has 5 nitrogen and oxygen atoms in total. The predicted molar refractivity (Wildman–Crippen MR) is 111 cm³/mol. The van der Waals surface area contributed by atoms with Crippen LogP contribution in [0.15, 0.2) is 29.3 Å². The molecule has 10 heteroatoms. The van der Waals surface area contributed by atoms with E-state index in [1.165, 1.54) is 6.07 Å². The third kappa shape index (κ3) is 6.81. The molecule has 1 atom stereocenters. The smallest absolute Gasteiger partial charge is 0.356 e. The molecule has 1 aromatic rings. The van der Waals surface area contributed by atoms with Crippen molar-refractivity contribution in [3.8, 4) is 0 Å². The summed E-state index contributed by atoms with van der Waals surface area (Å²) in [5.74, 6) is 0.648. The van der Waals surface area contributed by atoms with Gasteiger partial charge in [-0.1, -0.05) is 32.0 Å². The Morgan fingerprint density at radius 2 is 1.89 bits per heavy atom. The molecular weight excluding hydrogens is 494 g/mol. The van der Waals surface area contributed by atoms with Crippen LogP contribution in [0.4, 0.5) is 13.2 Å². The fourth-order valence-corrected chi connectivity index (χ4v) is 4.49. The second-order valence-corrected chi connectivity index (χ2v) is 9.36. The number of alkyl halides is 3. The molecule has 1 unspecified atom stereocenters. The van der Waals surface area contributed by atoms with E-state index in [1.807, 2.05) is 13.8 Å². The summed E-state index contributed by atoms with van der Waals surface area (Å²) in [6, 6.07) is 5.06. The summed E-state index contributed by atoms with van der Waals surface area (Å²) in [6.45, 7) is 4.01. The number of halogens is 4. The molecule has 0 saturated carbocycles. The van der Waals surface area contributed by atoms with Gasteiger partial charge in [-0.25, -0.2) is 8.42 Å². The third-order valence-corrected chi connectivity index (χ3v) is 6.23. The van der Waals surface area contributed by atoms with Crippen LogP contribution in [0.25, 0.3) is 0 Å². The van der Waals surface area contributed by atoms with Crippen LogP contribution in [-0.4, -0.2) is 45.5 Å². The van der Waals surface area contributed by atoms with Crippen molar-refractivity contribution >= 4 is 39.8 Å². The van der Waals surface area contributed by atoms with Gasteiger partial charge < -0.3 is 10.6 Å². The van der Waals surface area contributed by atoms with Gasteiger partial charge in [-0.3, -0.25) is 4.99 Å². The highest BCUT2D eigenvalue weighted by Gasteiger charge is 2.32. The second-order valence-electron chi connectivity index (χ2n) is 7.13. The largest absolute Gasteiger partial charge is 0.416 e. The zero-order chi connectivity index (χ0) is 19.6. The first kappa shape index (κ1) is 24.0. The van der Waals surface area contributed by atoms with Crippen LogP contribution in [0.1, 0.15) is 31.4 Å². The van der Waals surface area contributed by atoms with Crippen LogP contribution in [0.2, 0.25) is 0 Å². The van der Waals surface area contributed by atoms with E-state index in [4.69, 9.17) is 0 Å². The molecule has 154 valence electrons. The summed E-state index contributed by atoms with van der Waals surface area (Å²) < 4.78 is 61.8. The number of hydrogen-bond donors (Lipinski definition) is 2. The molecule has 0 radical (unpaired) electrons. The molecule has 1 saturated heterocycles. The molecule has 2 N–H and O–H groups in total. The van der Waals surface area contributed by atoms with Crippen LogP contribution in [0, 0.1) is 0 Å². The molecule has 1 aromatic carbocycles. The first-order valence-electron chi connectivity index (χ1n) is 8.28. The lowest BCUT2D eigenvalue weighted by Gasteiger charge is -2.28. The van der Waals surface area contributed by atoms with E-state index in [9.17, 15) is 21.6 Å². The van der Waals surface area contributed by atoms with Crippen LogP contribution in [-0.2, 0) is 21.4 Å². The number of aliphatic imine (C=N–C) groups is 1. The average Bonchev–Trinajstić information content (AvgIpc) is 2.89. The zero-order valence-electron chi connectivity index (χ0n) is 15.4. The molecule has 2 rings (SSSR count). The van der Waals surface area contributed by atoms with Gasteiger partial charge in [0.25, 0.3) is 0 Å². The van der Waals surface area contributed by atoms with Gasteiger partial charge >= 0.3 is 6.18 Å². The Labute approximate surface area is 175 Å². The second kappa shape index (κ2) is 8.97. The Morgan fingerprint density at radius 1 is 1.26 bits per heavy atom. The standard InChI is InChI=1S/C17H24F3N3O2S.HI/c1-16(2,12-5-4-6-13(9-12)17(18,19)20)11-22-15(21-3)23-14-7-8-26(24,25)10-14;/h4-6,9,14H,7-8,10-11H2,1-3H3,(H2,21,22,23);1H. The maximum atomic E-state index is 12.9. The van der Waals surface area contributed by atoms with E-state index in [2.05, 4.69) is 15.6 Å². The fraction of sp³-hybridized carbons (Fsp3) is 0.588. The SMILES string of the molecule is CN=C(NCC(C)(C)c1cccc(C(F)(F)F)c1)NC1CCS(=O)(=O)C1.I. The van der Waals surface area contributed by atoms with Crippen molar-refractivity contribution < 1.29 is 21.6 Å². The number of guanidine groups is 1. The fourth-order valence-electron chi connectivity index (χ4n) is 2.82. The summed E-state index contributed by atoms with van der Waals surface area (Å²) in [5.41, 5.74) is -0.707. The third-order valence-electron chi connectivity index (χ3n) is 4.47. The van der Waals surface area contributed by atoms with Crippen molar-refractivity contribution in [2.24, 2.45) is 4.99 Å². The Kier molecular flexibility index (Phi) is 7.98. The number of sulfone groups is 1. The van der Waals surface area contributed by atoms with E-state index in [-0.39, 0.29) is 41.5 Å². The van der Waals surface area contributed by atoms with E-state index in [0.717, 1.165) is 12.1 Å². The number of nitrogens with one attached hydrogen (secondary N) is 2. The van der Waals surface area contributed by atoms with Crippen LogP contribution in [0.3, 0.4) is 0 Å². The van der Waals surface area contributed by atoms with Crippen LogP contribution < -0.4 is 10.6 Å². The van der Waals surface area contributed by atoms with E-state index in [1.54, 1.807) is 13.1 Å². The molecular formula is C17H25F3IN3O2S. The van der Waals surface area contributed by atoms with Crippen molar-refractivity contribution in [1.29, 1.82) is 0 Å². The van der Waals surface area contributed by atoms with Crippen molar-refractivity contribution in [2.75, 3.05) is 25.1 Å². The van der Waals surface area contributed by atoms with Crippen LogP contribution in [0.5, 0.6) is 0 Å². The van der Waals surface area contributed by atoms with Gasteiger partial charge in [-0.2, -0.15) is 13.2 Å². The van der Waals surface area contributed by atoms with Crippen LogP contribution >= 0.6 is 24.0 Å². The summed E-state index contributed by atoms with van der Waals surface area (Å²) in [5, 5.41) is 6.14. The van der Waals surface area contributed by atoms with Crippen molar-refractivity contribution in [3.05, 3.63) is 35.4 Å². The molecule has 0 aromatic heterocycles. The van der Waals surface area contributed by atoms with Crippen molar-refractivity contribution in [2.45, 2.75) is 37.9 Å². The summed E-state index contributed by atoms with van der Waals surface area (Å²) >= 11 is 0. The minimum Gasteiger partial charge on any atom is -0.356 e. The molecule has 1 aliphatic heterocycles. The molecule has 0 bridgehead atoms. The van der Waals surface area contributed by atoms with Crippen molar-refractivity contribution in [3.63, 3.8) is 0 Å². The van der Waals surface area contributed by atoms with Gasteiger partial charge in [0.05, 0.1) is 17.1 Å². The first-order valence-corrected chi connectivity index (χ1v) is 10.1. The molecule has 0 amide bonds. The Morgan fingerprint density at radius 3 is 2.41 bits per heavy atom. The highest BCUT2D eigenvalue weighted by molar-refractivity contribution is 14.0. The van der Waals surface area contributed by atoms with E-state index in [0.29, 0.717) is 24.5 Å². The van der Waals surface area contributed by atoms with Crippen molar-refractivity contribution in [1.82, 2.24) is 10.6 Å². The monoisotopic (exact) mass is 519 g/mol. The van der Waals surface area contributed by atoms with Gasteiger partial charge in [0.1, 0.15) is 0 Å². The lowest BCUT2D eigenvalue weighted by molar-refractivity contribution is -0.137. The Bertz CT molecular complexity index is 780. The highest BCUT2D eigenvalue weighted by Crippen LogP contribution is 2.32. The summed E-state index contributed by atoms with van der Waals surface area (Å²) in [7, 11) is -1.44. The first-order chi connectivity index (χ1) is 11.9. The molecule has 0 aliphatic carbocycles. The lowest BCUT2D eigenvalue weighted by Crippen LogP contribution is -2.47. The average molecular weight is 519 g/mol. The zero-order valence-corrected chi connectivity index (χ0v) is 18.6. The minimum atomic E-state index is -4.38. The number of benzene rings is 1. The number of hydrogen-bond acceptors (Lipinski definition) is 3. The molecule has 1 fully saturated rings. The maximum absolute atomic E-state index is 12.9. The molecule has 1 aliphatic rings. The van der Waals surface area contributed by atoms with E-state index >= 15 is 0 Å². The number of nitrogens with zero attached hydrogens (tertiary/aromatic N) is 1. The van der Waals surface area contributed by atoms with Gasteiger partial charge in [-0.15, -0.1) is 24.0 Å². The van der Waals surface area contributed by atoms with Gasteiger partial charge in [0.2, 0.25) is 0 Å². The topological polar surface area (TPSA) is 70.6 Å². The van der Waals surface area contributed by atoms with Gasteiger partial charge in [-0.05, 0) is 18.1 Å².